The molecule has 1 N–H and O–H groups in total. The standard InChI is InChI=1S/C12H17NO2/c1-14-12-5-3-4-9-8-10(13-15-2)6-7-11(9)12/h3-5,10,13H,6-8H2,1-2H3. The Morgan fingerprint density at radius 2 is 2.20 bits per heavy atom. The third kappa shape index (κ3) is 2.13. The summed E-state index contributed by atoms with van der Waals surface area (Å²) in [6, 6.07) is 6.67. The summed E-state index contributed by atoms with van der Waals surface area (Å²) in [5.41, 5.74) is 5.75. The van der Waals surface area contributed by atoms with E-state index in [4.69, 9.17) is 9.57 Å². The normalized spacial score (nSPS) is 19.7. The summed E-state index contributed by atoms with van der Waals surface area (Å²) in [4.78, 5) is 4.97. The van der Waals surface area contributed by atoms with Crippen molar-refractivity contribution in [1.29, 1.82) is 0 Å². The minimum atomic E-state index is 0.426. The van der Waals surface area contributed by atoms with Crippen LogP contribution in [0.1, 0.15) is 17.5 Å². The number of methoxy groups -OCH3 is 1. The van der Waals surface area contributed by atoms with Crippen LogP contribution < -0.4 is 10.2 Å². The fourth-order valence-electron chi connectivity index (χ4n) is 2.23. The second-order valence-corrected chi connectivity index (χ2v) is 3.86. The molecule has 0 amide bonds. The SMILES string of the molecule is CONC1CCc2c(cccc2OC)C1. The van der Waals surface area contributed by atoms with Gasteiger partial charge in [0.2, 0.25) is 0 Å². The van der Waals surface area contributed by atoms with Crippen LogP contribution in [0.2, 0.25) is 0 Å². The van der Waals surface area contributed by atoms with Crippen LogP contribution in [0.4, 0.5) is 0 Å². The molecule has 3 nitrogen and oxygen atoms in total. The van der Waals surface area contributed by atoms with Gasteiger partial charge in [-0.05, 0) is 36.5 Å². The molecule has 1 aromatic rings. The van der Waals surface area contributed by atoms with Gasteiger partial charge in [0.05, 0.1) is 14.2 Å². The molecule has 0 aliphatic heterocycles. The molecule has 1 aliphatic rings. The Balaban J connectivity index is 2.20. The van der Waals surface area contributed by atoms with Crippen molar-refractivity contribution in [3.8, 4) is 5.75 Å². The topological polar surface area (TPSA) is 30.5 Å². The Morgan fingerprint density at radius 3 is 2.93 bits per heavy atom. The first-order chi connectivity index (χ1) is 7.35. The van der Waals surface area contributed by atoms with Crippen LogP contribution in [-0.2, 0) is 17.7 Å². The van der Waals surface area contributed by atoms with Gasteiger partial charge in [0.15, 0.2) is 0 Å². The van der Waals surface area contributed by atoms with Crippen molar-refractivity contribution in [2.24, 2.45) is 0 Å². The van der Waals surface area contributed by atoms with Crippen LogP contribution in [-0.4, -0.2) is 20.3 Å². The van der Waals surface area contributed by atoms with E-state index >= 15 is 0 Å². The first-order valence-electron chi connectivity index (χ1n) is 5.28. The molecule has 0 spiro atoms. The molecule has 0 bridgehead atoms. The molecule has 1 unspecified atom stereocenters. The lowest BCUT2D eigenvalue weighted by Crippen LogP contribution is -2.33. The van der Waals surface area contributed by atoms with Gasteiger partial charge < -0.3 is 9.57 Å². The highest BCUT2D eigenvalue weighted by molar-refractivity contribution is 5.42. The molecule has 82 valence electrons. The lowest BCUT2D eigenvalue weighted by Gasteiger charge is -2.25. The van der Waals surface area contributed by atoms with E-state index in [1.54, 1.807) is 14.2 Å². The lowest BCUT2D eigenvalue weighted by molar-refractivity contribution is 0.0564. The van der Waals surface area contributed by atoms with Gasteiger partial charge >= 0.3 is 0 Å². The van der Waals surface area contributed by atoms with Gasteiger partial charge in [0.25, 0.3) is 0 Å². The third-order valence-corrected chi connectivity index (χ3v) is 2.94. The van der Waals surface area contributed by atoms with Crippen molar-refractivity contribution in [2.75, 3.05) is 14.2 Å². The van der Waals surface area contributed by atoms with Crippen molar-refractivity contribution < 1.29 is 9.57 Å². The van der Waals surface area contributed by atoms with E-state index in [9.17, 15) is 0 Å². The predicted molar refractivity (Wildman–Crippen MR) is 59.0 cm³/mol. The monoisotopic (exact) mass is 207 g/mol. The maximum atomic E-state index is 5.36. The van der Waals surface area contributed by atoms with Crippen molar-refractivity contribution in [3.63, 3.8) is 0 Å². The number of hydroxylamine groups is 1. The Labute approximate surface area is 90.3 Å². The molecule has 0 aromatic heterocycles. The number of hydrogen-bond donors (Lipinski definition) is 1. The molecule has 3 heteroatoms. The Hall–Kier alpha value is -1.06. The zero-order valence-corrected chi connectivity index (χ0v) is 9.25. The van der Waals surface area contributed by atoms with E-state index < -0.39 is 0 Å². The van der Waals surface area contributed by atoms with Crippen LogP contribution in [0.5, 0.6) is 5.75 Å². The summed E-state index contributed by atoms with van der Waals surface area (Å²) in [6.45, 7) is 0. The molecule has 0 fully saturated rings. The number of fused-ring (bicyclic) bond motifs is 1. The average Bonchev–Trinajstić information content (AvgIpc) is 2.28. The first-order valence-corrected chi connectivity index (χ1v) is 5.28. The number of ether oxygens (including phenoxy) is 1. The quantitative estimate of drug-likeness (QED) is 0.765. The molecular weight excluding hydrogens is 190 g/mol. The van der Waals surface area contributed by atoms with Crippen molar-refractivity contribution in [2.45, 2.75) is 25.3 Å². The fourth-order valence-corrected chi connectivity index (χ4v) is 2.23. The van der Waals surface area contributed by atoms with Crippen LogP contribution in [0.25, 0.3) is 0 Å². The van der Waals surface area contributed by atoms with E-state index in [2.05, 4.69) is 11.5 Å². The predicted octanol–water partition coefficient (Wildman–Crippen LogP) is 1.70. The third-order valence-electron chi connectivity index (χ3n) is 2.94. The Morgan fingerprint density at radius 1 is 1.33 bits per heavy atom. The molecule has 0 saturated heterocycles. The molecule has 0 saturated carbocycles. The smallest absolute Gasteiger partial charge is 0.122 e. The van der Waals surface area contributed by atoms with Gasteiger partial charge in [0, 0.05) is 6.04 Å². The maximum absolute atomic E-state index is 5.36. The van der Waals surface area contributed by atoms with E-state index in [0.717, 1.165) is 25.0 Å². The number of benzene rings is 1. The summed E-state index contributed by atoms with van der Waals surface area (Å²) < 4.78 is 5.36. The maximum Gasteiger partial charge on any atom is 0.122 e. The molecular formula is C12H17NO2. The fraction of sp³-hybridized carbons (Fsp3) is 0.500. The van der Waals surface area contributed by atoms with Crippen molar-refractivity contribution >= 4 is 0 Å². The Kier molecular flexibility index (Phi) is 3.23. The summed E-state index contributed by atoms with van der Waals surface area (Å²) in [5, 5.41) is 0. The summed E-state index contributed by atoms with van der Waals surface area (Å²) >= 11 is 0. The zero-order valence-electron chi connectivity index (χ0n) is 9.25. The average molecular weight is 207 g/mol. The van der Waals surface area contributed by atoms with Gasteiger partial charge in [-0.25, -0.2) is 0 Å². The second-order valence-electron chi connectivity index (χ2n) is 3.86. The van der Waals surface area contributed by atoms with Crippen molar-refractivity contribution in [1.82, 2.24) is 5.48 Å². The number of hydrogen-bond acceptors (Lipinski definition) is 3. The second kappa shape index (κ2) is 4.64. The van der Waals surface area contributed by atoms with Crippen LogP contribution in [0.15, 0.2) is 18.2 Å². The van der Waals surface area contributed by atoms with Gasteiger partial charge in [0.1, 0.15) is 5.75 Å². The lowest BCUT2D eigenvalue weighted by atomic mass is 9.88. The Bertz CT molecular complexity index is 338. The minimum absolute atomic E-state index is 0.426. The first kappa shape index (κ1) is 10.5. The summed E-state index contributed by atoms with van der Waals surface area (Å²) in [6.07, 6.45) is 3.17. The number of nitrogens with one attached hydrogen (secondary N) is 1. The molecule has 1 aliphatic carbocycles. The molecule has 1 aromatic carbocycles. The molecule has 15 heavy (non-hydrogen) atoms. The highest BCUT2D eigenvalue weighted by Crippen LogP contribution is 2.29. The van der Waals surface area contributed by atoms with E-state index in [1.165, 1.54) is 11.1 Å². The highest BCUT2D eigenvalue weighted by Gasteiger charge is 2.20. The van der Waals surface area contributed by atoms with Crippen LogP contribution in [0.3, 0.4) is 0 Å². The largest absolute Gasteiger partial charge is 0.496 e. The van der Waals surface area contributed by atoms with Crippen LogP contribution >= 0.6 is 0 Å². The zero-order chi connectivity index (χ0) is 10.7. The molecule has 0 heterocycles. The molecule has 1 atom stereocenters. The van der Waals surface area contributed by atoms with Crippen LogP contribution in [0, 0.1) is 0 Å². The van der Waals surface area contributed by atoms with Gasteiger partial charge in [-0.3, -0.25) is 0 Å². The molecule has 0 radical (unpaired) electrons. The van der Waals surface area contributed by atoms with E-state index in [1.807, 2.05) is 12.1 Å². The van der Waals surface area contributed by atoms with Gasteiger partial charge in [-0.15, -0.1) is 0 Å². The van der Waals surface area contributed by atoms with E-state index in [0.29, 0.717) is 6.04 Å². The summed E-state index contributed by atoms with van der Waals surface area (Å²) in [5.74, 6) is 1.02. The van der Waals surface area contributed by atoms with Gasteiger partial charge in [-0.1, -0.05) is 12.1 Å². The molecule has 2 rings (SSSR count). The van der Waals surface area contributed by atoms with E-state index in [-0.39, 0.29) is 0 Å². The number of rotatable bonds is 3. The van der Waals surface area contributed by atoms with Gasteiger partial charge in [-0.2, -0.15) is 5.48 Å². The van der Waals surface area contributed by atoms with Crippen molar-refractivity contribution in [3.05, 3.63) is 29.3 Å². The highest BCUT2D eigenvalue weighted by atomic mass is 16.6. The summed E-state index contributed by atoms with van der Waals surface area (Å²) in [7, 11) is 3.40. The minimum Gasteiger partial charge on any atom is -0.496 e.